The molecular formula is C15H21FN2O. The van der Waals surface area contributed by atoms with Crippen molar-refractivity contribution in [2.75, 3.05) is 19.6 Å². The highest BCUT2D eigenvalue weighted by molar-refractivity contribution is 5.77. The summed E-state index contributed by atoms with van der Waals surface area (Å²) in [6.45, 7) is 4.06. The van der Waals surface area contributed by atoms with Crippen LogP contribution in [0.5, 0.6) is 0 Å². The summed E-state index contributed by atoms with van der Waals surface area (Å²) in [6, 6.07) is 6.66. The number of benzene rings is 1. The SMILES string of the molecule is C[C@@H](CC(=O)N1CC[C@@H](CN)C1)c1ccccc1F. The molecule has 0 aromatic heterocycles. The molecule has 2 rings (SSSR count). The summed E-state index contributed by atoms with van der Waals surface area (Å²) in [5.74, 6) is 0.203. The summed E-state index contributed by atoms with van der Waals surface area (Å²) in [5.41, 5.74) is 6.24. The molecule has 0 radical (unpaired) electrons. The van der Waals surface area contributed by atoms with Crippen LogP contribution in [-0.2, 0) is 4.79 Å². The minimum absolute atomic E-state index is 0.0920. The monoisotopic (exact) mass is 264 g/mol. The number of carbonyl (C=O) groups excluding carboxylic acids is 1. The topological polar surface area (TPSA) is 46.3 Å². The maximum Gasteiger partial charge on any atom is 0.223 e. The van der Waals surface area contributed by atoms with E-state index >= 15 is 0 Å². The standard InChI is InChI=1S/C15H21FN2O/c1-11(13-4-2-3-5-14(13)16)8-15(19)18-7-6-12(9-17)10-18/h2-5,11-12H,6-10,17H2,1H3/t11-,12-/m0/s1. The number of hydrogen-bond donors (Lipinski definition) is 1. The number of halogens is 1. The van der Waals surface area contributed by atoms with Crippen molar-refractivity contribution in [2.45, 2.75) is 25.7 Å². The van der Waals surface area contributed by atoms with E-state index in [4.69, 9.17) is 5.73 Å². The molecule has 1 heterocycles. The van der Waals surface area contributed by atoms with Crippen LogP contribution in [0.15, 0.2) is 24.3 Å². The predicted molar refractivity (Wildman–Crippen MR) is 73.2 cm³/mol. The van der Waals surface area contributed by atoms with Crippen LogP contribution in [0.25, 0.3) is 0 Å². The third-order valence-corrected chi connectivity index (χ3v) is 3.89. The highest BCUT2D eigenvalue weighted by atomic mass is 19.1. The summed E-state index contributed by atoms with van der Waals surface area (Å²) >= 11 is 0. The lowest BCUT2D eigenvalue weighted by Crippen LogP contribution is -2.30. The number of likely N-dealkylation sites (tertiary alicyclic amines) is 1. The van der Waals surface area contributed by atoms with Crippen LogP contribution in [0.1, 0.15) is 31.2 Å². The van der Waals surface area contributed by atoms with E-state index in [1.54, 1.807) is 18.2 Å². The van der Waals surface area contributed by atoms with Crippen LogP contribution < -0.4 is 5.73 Å². The molecule has 1 amide bonds. The van der Waals surface area contributed by atoms with Crippen LogP contribution in [0.3, 0.4) is 0 Å². The van der Waals surface area contributed by atoms with E-state index in [0.29, 0.717) is 24.4 Å². The first-order valence-electron chi connectivity index (χ1n) is 6.84. The van der Waals surface area contributed by atoms with Gasteiger partial charge in [0.05, 0.1) is 0 Å². The van der Waals surface area contributed by atoms with Gasteiger partial charge in [0.1, 0.15) is 5.82 Å². The van der Waals surface area contributed by atoms with E-state index in [9.17, 15) is 9.18 Å². The summed E-state index contributed by atoms with van der Waals surface area (Å²) in [5, 5.41) is 0. The Balaban J connectivity index is 1.94. The van der Waals surface area contributed by atoms with Gasteiger partial charge in [0, 0.05) is 19.5 Å². The molecule has 1 aliphatic rings. The lowest BCUT2D eigenvalue weighted by molar-refractivity contribution is -0.130. The molecule has 2 N–H and O–H groups in total. The van der Waals surface area contributed by atoms with Gasteiger partial charge >= 0.3 is 0 Å². The van der Waals surface area contributed by atoms with Crippen molar-refractivity contribution in [1.29, 1.82) is 0 Å². The smallest absolute Gasteiger partial charge is 0.223 e. The molecule has 3 nitrogen and oxygen atoms in total. The quantitative estimate of drug-likeness (QED) is 0.905. The summed E-state index contributed by atoms with van der Waals surface area (Å²) in [6.07, 6.45) is 1.34. The summed E-state index contributed by atoms with van der Waals surface area (Å²) in [4.78, 5) is 14.0. The first-order valence-corrected chi connectivity index (χ1v) is 6.84. The van der Waals surface area contributed by atoms with Crippen molar-refractivity contribution in [3.63, 3.8) is 0 Å². The van der Waals surface area contributed by atoms with Gasteiger partial charge in [-0.25, -0.2) is 4.39 Å². The van der Waals surface area contributed by atoms with Crippen LogP contribution >= 0.6 is 0 Å². The van der Waals surface area contributed by atoms with E-state index < -0.39 is 0 Å². The molecule has 1 fully saturated rings. The Hall–Kier alpha value is -1.42. The Morgan fingerprint density at radius 1 is 1.53 bits per heavy atom. The van der Waals surface area contributed by atoms with Gasteiger partial charge in [0.15, 0.2) is 0 Å². The van der Waals surface area contributed by atoms with Gasteiger partial charge < -0.3 is 10.6 Å². The average Bonchev–Trinajstić information content (AvgIpc) is 2.88. The zero-order chi connectivity index (χ0) is 13.8. The van der Waals surface area contributed by atoms with E-state index in [1.807, 2.05) is 11.8 Å². The van der Waals surface area contributed by atoms with Gasteiger partial charge in [-0.3, -0.25) is 4.79 Å². The summed E-state index contributed by atoms with van der Waals surface area (Å²) in [7, 11) is 0. The van der Waals surface area contributed by atoms with Crippen LogP contribution in [-0.4, -0.2) is 30.4 Å². The second-order valence-corrected chi connectivity index (χ2v) is 5.36. The van der Waals surface area contributed by atoms with Gasteiger partial charge in [-0.2, -0.15) is 0 Å². The molecule has 4 heteroatoms. The molecule has 2 atom stereocenters. The Bertz CT molecular complexity index is 450. The Labute approximate surface area is 113 Å². The molecule has 104 valence electrons. The number of hydrogen-bond acceptors (Lipinski definition) is 2. The number of nitrogens with two attached hydrogens (primary N) is 1. The second kappa shape index (κ2) is 6.15. The Morgan fingerprint density at radius 3 is 2.89 bits per heavy atom. The molecule has 1 aromatic rings. The average molecular weight is 264 g/mol. The van der Waals surface area contributed by atoms with E-state index in [0.717, 1.165) is 19.5 Å². The van der Waals surface area contributed by atoms with Gasteiger partial charge in [-0.05, 0) is 36.4 Å². The van der Waals surface area contributed by atoms with Gasteiger partial charge in [0.2, 0.25) is 5.91 Å². The zero-order valence-electron chi connectivity index (χ0n) is 11.3. The summed E-state index contributed by atoms with van der Waals surface area (Å²) < 4.78 is 13.6. The van der Waals surface area contributed by atoms with Gasteiger partial charge in [-0.15, -0.1) is 0 Å². The fourth-order valence-electron chi connectivity index (χ4n) is 2.63. The molecule has 0 spiro atoms. The molecule has 19 heavy (non-hydrogen) atoms. The lowest BCUT2D eigenvalue weighted by Gasteiger charge is -2.19. The highest BCUT2D eigenvalue weighted by Crippen LogP contribution is 2.24. The number of nitrogens with zero attached hydrogens (tertiary/aromatic N) is 1. The molecule has 0 saturated carbocycles. The molecule has 1 saturated heterocycles. The van der Waals surface area contributed by atoms with Crippen LogP contribution in [0, 0.1) is 11.7 Å². The minimum Gasteiger partial charge on any atom is -0.342 e. The molecule has 1 aliphatic heterocycles. The van der Waals surface area contributed by atoms with Crippen molar-refractivity contribution in [1.82, 2.24) is 4.90 Å². The maximum absolute atomic E-state index is 13.6. The van der Waals surface area contributed by atoms with Crippen molar-refractivity contribution in [2.24, 2.45) is 11.7 Å². The van der Waals surface area contributed by atoms with E-state index in [-0.39, 0.29) is 17.6 Å². The lowest BCUT2D eigenvalue weighted by atomic mass is 9.96. The fourth-order valence-corrected chi connectivity index (χ4v) is 2.63. The van der Waals surface area contributed by atoms with Crippen molar-refractivity contribution >= 4 is 5.91 Å². The second-order valence-electron chi connectivity index (χ2n) is 5.36. The Morgan fingerprint density at radius 2 is 2.26 bits per heavy atom. The van der Waals surface area contributed by atoms with Crippen LogP contribution in [0.4, 0.5) is 4.39 Å². The van der Waals surface area contributed by atoms with Crippen LogP contribution in [0.2, 0.25) is 0 Å². The van der Waals surface area contributed by atoms with Crippen molar-refractivity contribution in [3.8, 4) is 0 Å². The minimum atomic E-state index is -0.232. The van der Waals surface area contributed by atoms with Gasteiger partial charge in [0.25, 0.3) is 0 Å². The highest BCUT2D eigenvalue weighted by Gasteiger charge is 2.26. The molecular weight excluding hydrogens is 243 g/mol. The molecule has 0 bridgehead atoms. The van der Waals surface area contributed by atoms with E-state index in [1.165, 1.54) is 6.07 Å². The fraction of sp³-hybridized carbons (Fsp3) is 0.533. The predicted octanol–water partition coefficient (Wildman–Crippen LogP) is 2.13. The largest absolute Gasteiger partial charge is 0.342 e. The van der Waals surface area contributed by atoms with Crippen molar-refractivity contribution in [3.05, 3.63) is 35.6 Å². The molecule has 0 unspecified atom stereocenters. The Kier molecular flexibility index (Phi) is 4.53. The third-order valence-electron chi connectivity index (χ3n) is 3.89. The first kappa shape index (κ1) is 14.0. The van der Waals surface area contributed by atoms with E-state index in [2.05, 4.69) is 0 Å². The molecule has 0 aliphatic carbocycles. The first-order chi connectivity index (χ1) is 9.11. The number of rotatable bonds is 4. The number of amides is 1. The van der Waals surface area contributed by atoms with Crippen molar-refractivity contribution < 1.29 is 9.18 Å². The zero-order valence-corrected chi connectivity index (χ0v) is 11.3. The normalized spacial score (nSPS) is 20.6. The number of carbonyl (C=O) groups is 1. The third kappa shape index (κ3) is 3.32. The van der Waals surface area contributed by atoms with Gasteiger partial charge in [-0.1, -0.05) is 25.1 Å². The maximum atomic E-state index is 13.6. The molecule has 1 aromatic carbocycles.